The summed E-state index contributed by atoms with van der Waals surface area (Å²) in [5.74, 6) is -0.470. The first-order valence-electron chi connectivity index (χ1n) is 8.20. The number of hydrogen-bond acceptors (Lipinski definition) is 3. The second-order valence-corrected chi connectivity index (χ2v) is 6.60. The van der Waals surface area contributed by atoms with Crippen LogP contribution in [0, 0.1) is 5.82 Å². The number of nitrogens with zero attached hydrogens (tertiary/aromatic N) is 3. The summed E-state index contributed by atoms with van der Waals surface area (Å²) in [6.07, 6.45) is 3.37. The van der Waals surface area contributed by atoms with E-state index in [9.17, 15) is 9.18 Å². The minimum absolute atomic E-state index is 0.0869. The second-order valence-electron chi connectivity index (χ2n) is 6.60. The van der Waals surface area contributed by atoms with Gasteiger partial charge in [0.25, 0.3) is 5.91 Å². The molecule has 0 N–H and O–H groups in total. The van der Waals surface area contributed by atoms with Crippen LogP contribution < -0.4 is 0 Å². The van der Waals surface area contributed by atoms with Crippen LogP contribution in [-0.4, -0.2) is 52.9 Å². The third-order valence-corrected chi connectivity index (χ3v) is 5.33. The van der Waals surface area contributed by atoms with Gasteiger partial charge in [-0.1, -0.05) is 18.2 Å². The van der Waals surface area contributed by atoms with E-state index in [0.29, 0.717) is 17.8 Å². The molecular weight excluding hydrogens is 293 g/mol. The number of aromatic nitrogens is 1. The Balaban J connectivity index is 1.63. The molecule has 120 valence electrons. The molecule has 2 saturated heterocycles. The van der Waals surface area contributed by atoms with Crippen LogP contribution in [0.25, 0.3) is 10.9 Å². The summed E-state index contributed by atoms with van der Waals surface area (Å²) in [5.41, 5.74) is 0.606. The molecule has 0 radical (unpaired) electrons. The summed E-state index contributed by atoms with van der Waals surface area (Å²) < 4.78 is 13.9. The minimum Gasteiger partial charge on any atom is -0.336 e. The fourth-order valence-corrected chi connectivity index (χ4v) is 3.89. The number of carbonyl (C=O) groups is 1. The highest BCUT2D eigenvalue weighted by atomic mass is 19.1. The molecule has 4 nitrogen and oxygen atoms in total. The van der Waals surface area contributed by atoms with Crippen molar-refractivity contribution < 1.29 is 9.18 Å². The van der Waals surface area contributed by atoms with E-state index in [1.54, 1.807) is 24.3 Å². The van der Waals surface area contributed by atoms with Crippen molar-refractivity contribution in [2.24, 2.45) is 0 Å². The second kappa shape index (κ2) is 5.57. The Morgan fingerprint density at radius 2 is 2.00 bits per heavy atom. The van der Waals surface area contributed by atoms with E-state index >= 15 is 0 Å². The molecule has 0 saturated carbocycles. The number of halogens is 1. The van der Waals surface area contributed by atoms with Crippen LogP contribution in [-0.2, 0) is 0 Å². The number of amides is 1. The highest BCUT2D eigenvalue weighted by Crippen LogP contribution is 2.29. The van der Waals surface area contributed by atoms with Crippen LogP contribution in [0.2, 0.25) is 0 Å². The fraction of sp³-hybridized carbons (Fsp3) is 0.444. The molecule has 3 heterocycles. The molecule has 0 spiro atoms. The Labute approximate surface area is 134 Å². The summed E-state index contributed by atoms with van der Waals surface area (Å²) in [7, 11) is 2.15. The van der Waals surface area contributed by atoms with E-state index in [1.807, 2.05) is 4.90 Å². The molecule has 2 atom stereocenters. The van der Waals surface area contributed by atoms with Gasteiger partial charge in [0.05, 0.1) is 0 Å². The molecule has 2 aromatic rings. The van der Waals surface area contributed by atoms with Crippen molar-refractivity contribution in [2.75, 3.05) is 20.1 Å². The van der Waals surface area contributed by atoms with Gasteiger partial charge in [-0.05, 0) is 38.4 Å². The lowest BCUT2D eigenvalue weighted by atomic mass is 10.1. The predicted molar refractivity (Wildman–Crippen MR) is 86.8 cm³/mol. The molecule has 4 rings (SSSR count). The molecule has 5 heteroatoms. The van der Waals surface area contributed by atoms with E-state index < -0.39 is 0 Å². The van der Waals surface area contributed by atoms with E-state index in [0.717, 1.165) is 31.3 Å². The summed E-state index contributed by atoms with van der Waals surface area (Å²) in [6, 6.07) is 9.33. The fourth-order valence-electron chi connectivity index (χ4n) is 3.89. The van der Waals surface area contributed by atoms with Gasteiger partial charge < -0.3 is 4.90 Å². The van der Waals surface area contributed by atoms with Crippen molar-refractivity contribution in [2.45, 2.75) is 31.3 Å². The van der Waals surface area contributed by atoms with Gasteiger partial charge in [0.2, 0.25) is 0 Å². The third kappa shape index (κ3) is 2.49. The van der Waals surface area contributed by atoms with Crippen molar-refractivity contribution in [3.8, 4) is 0 Å². The molecule has 1 aromatic carbocycles. The van der Waals surface area contributed by atoms with Crippen LogP contribution >= 0.6 is 0 Å². The van der Waals surface area contributed by atoms with E-state index in [2.05, 4.69) is 16.9 Å². The first kappa shape index (κ1) is 14.6. The molecular formula is C18H20FN3O. The number of para-hydroxylation sites is 1. The number of benzene rings is 1. The SMILES string of the molecule is CN1[C@H]2CC[C@@H]1CN(C(=O)c1ccc3cccc(F)c3n1)CC2. The Kier molecular flexibility index (Phi) is 3.53. The number of pyridine rings is 1. The lowest BCUT2D eigenvalue weighted by Gasteiger charge is -2.25. The Bertz CT molecular complexity index is 763. The monoisotopic (exact) mass is 313 g/mol. The van der Waals surface area contributed by atoms with Crippen molar-refractivity contribution in [1.29, 1.82) is 0 Å². The molecule has 0 aliphatic carbocycles. The summed E-state index contributed by atoms with van der Waals surface area (Å²) in [4.78, 5) is 21.4. The maximum atomic E-state index is 13.9. The molecule has 0 unspecified atom stereocenters. The lowest BCUT2D eigenvalue weighted by Crippen LogP contribution is -2.40. The Morgan fingerprint density at radius 1 is 1.17 bits per heavy atom. The van der Waals surface area contributed by atoms with Crippen molar-refractivity contribution in [3.05, 3.63) is 41.8 Å². The van der Waals surface area contributed by atoms with Gasteiger partial charge in [-0.2, -0.15) is 0 Å². The van der Waals surface area contributed by atoms with Gasteiger partial charge in [-0.3, -0.25) is 9.69 Å². The molecule has 1 aromatic heterocycles. The molecule has 23 heavy (non-hydrogen) atoms. The van der Waals surface area contributed by atoms with Crippen LogP contribution in [0.3, 0.4) is 0 Å². The average molecular weight is 313 g/mol. The van der Waals surface area contributed by atoms with E-state index in [4.69, 9.17) is 0 Å². The number of likely N-dealkylation sites (N-methyl/N-ethyl adjacent to an activating group) is 1. The first-order valence-corrected chi connectivity index (χ1v) is 8.20. The molecule has 1 amide bonds. The predicted octanol–water partition coefficient (Wildman–Crippen LogP) is 2.68. The maximum absolute atomic E-state index is 13.9. The quantitative estimate of drug-likeness (QED) is 0.812. The zero-order valence-electron chi connectivity index (χ0n) is 13.2. The number of fused-ring (bicyclic) bond motifs is 3. The molecule has 2 bridgehead atoms. The molecule has 2 aliphatic rings. The maximum Gasteiger partial charge on any atom is 0.272 e. The molecule has 2 fully saturated rings. The Morgan fingerprint density at radius 3 is 2.87 bits per heavy atom. The summed E-state index contributed by atoms with van der Waals surface area (Å²) in [6.45, 7) is 1.49. The lowest BCUT2D eigenvalue weighted by molar-refractivity contribution is 0.0734. The van der Waals surface area contributed by atoms with E-state index in [1.165, 1.54) is 12.5 Å². The van der Waals surface area contributed by atoms with Crippen molar-refractivity contribution in [1.82, 2.24) is 14.8 Å². The standard InChI is InChI=1S/C18H20FN3O/c1-21-13-6-7-14(21)11-22(10-9-13)18(23)16-8-5-12-3-2-4-15(19)17(12)20-16/h2-5,8,13-14H,6-7,9-11H2,1H3/t13-,14+/m0/s1. The first-order chi connectivity index (χ1) is 11.1. The highest BCUT2D eigenvalue weighted by molar-refractivity contribution is 5.95. The van der Waals surface area contributed by atoms with Crippen molar-refractivity contribution in [3.63, 3.8) is 0 Å². The van der Waals surface area contributed by atoms with Gasteiger partial charge in [0.15, 0.2) is 0 Å². The highest BCUT2D eigenvalue weighted by Gasteiger charge is 2.36. The summed E-state index contributed by atoms with van der Waals surface area (Å²) in [5, 5.41) is 0.719. The van der Waals surface area contributed by atoms with Crippen LogP contribution in [0.15, 0.2) is 30.3 Å². The van der Waals surface area contributed by atoms with Gasteiger partial charge >= 0.3 is 0 Å². The normalized spacial score (nSPS) is 24.9. The largest absolute Gasteiger partial charge is 0.336 e. The number of likely N-dealkylation sites (tertiary alicyclic amines) is 1. The van der Waals surface area contributed by atoms with Gasteiger partial charge in [-0.15, -0.1) is 0 Å². The zero-order valence-corrected chi connectivity index (χ0v) is 13.2. The van der Waals surface area contributed by atoms with Crippen LogP contribution in [0.4, 0.5) is 4.39 Å². The zero-order chi connectivity index (χ0) is 16.0. The summed E-state index contributed by atoms with van der Waals surface area (Å²) >= 11 is 0. The smallest absolute Gasteiger partial charge is 0.272 e. The van der Waals surface area contributed by atoms with Gasteiger partial charge in [0, 0.05) is 30.6 Å². The minimum atomic E-state index is -0.383. The third-order valence-electron chi connectivity index (χ3n) is 5.33. The van der Waals surface area contributed by atoms with Gasteiger partial charge in [0.1, 0.15) is 17.0 Å². The van der Waals surface area contributed by atoms with Crippen LogP contribution in [0.1, 0.15) is 29.8 Å². The molecule has 2 aliphatic heterocycles. The number of rotatable bonds is 1. The topological polar surface area (TPSA) is 36.4 Å². The average Bonchev–Trinajstić information content (AvgIpc) is 2.80. The van der Waals surface area contributed by atoms with Crippen molar-refractivity contribution >= 4 is 16.8 Å². The van der Waals surface area contributed by atoms with E-state index in [-0.39, 0.29) is 17.2 Å². The van der Waals surface area contributed by atoms with Gasteiger partial charge in [-0.25, -0.2) is 9.37 Å². The number of carbonyl (C=O) groups excluding carboxylic acids is 1. The van der Waals surface area contributed by atoms with Crippen LogP contribution in [0.5, 0.6) is 0 Å². The number of hydrogen-bond donors (Lipinski definition) is 0. The Hall–Kier alpha value is -2.01.